The molecule has 0 radical (unpaired) electrons. The molecule has 4 aliphatic rings. The first-order chi connectivity index (χ1) is 16.6. The van der Waals surface area contributed by atoms with Crippen molar-refractivity contribution in [3.63, 3.8) is 0 Å². The number of halogens is 1. The molecule has 1 aromatic rings. The number of anilines is 1. The van der Waals surface area contributed by atoms with E-state index >= 15 is 0 Å². The minimum Gasteiger partial charge on any atom is -0.493 e. The van der Waals surface area contributed by atoms with Crippen molar-refractivity contribution >= 4 is 23.2 Å². The normalized spacial score (nSPS) is 30.4. The van der Waals surface area contributed by atoms with E-state index in [1.807, 2.05) is 17.0 Å². The van der Waals surface area contributed by atoms with Crippen LogP contribution in [0.2, 0.25) is 0 Å². The van der Waals surface area contributed by atoms with E-state index in [1.54, 1.807) is 0 Å². The summed E-state index contributed by atoms with van der Waals surface area (Å²) in [6.45, 7) is 2.29. The third kappa shape index (κ3) is 4.95. The Morgan fingerprint density at radius 2 is 1.79 bits per heavy atom. The molecule has 1 atom stereocenters. The number of nitrogens with two attached hydrogens (primary N) is 1. The Morgan fingerprint density at radius 1 is 1.06 bits per heavy atom. The summed E-state index contributed by atoms with van der Waals surface area (Å²) in [5.41, 5.74) is 8.68. The van der Waals surface area contributed by atoms with Crippen molar-refractivity contribution in [2.45, 2.75) is 70.6 Å². The Hall–Kier alpha value is -1.78. The molecular weight excluding hydrogens is 444 g/mol. The first kappa shape index (κ1) is 23.9. The van der Waals surface area contributed by atoms with Gasteiger partial charge in [-0.25, -0.2) is 0 Å². The first-order valence-electron chi connectivity index (χ1n) is 13.4. The third-order valence-electron chi connectivity index (χ3n) is 8.97. The lowest BCUT2D eigenvalue weighted by atomic mass is 9.63. The molecule has 0 aromatic heterocycles. The monoisotopic (exact) mass is 482 g/mol. The van der Waals surface area contributed by atoms with Crippen LogP contribution < -0.4 is 15.4 Å². The van der Waals surface area contributed by atoms with Gasteiger partial charge in [0.1, 0.15) is 5.75 Å². The van der Waals surface area contributed by atoms with Gasteiger partial charge in [-0.05, 0) is 106 Å². The fraction of sp³-hybridized carbons (Fsp3) is 0.621. The number of allylic oxidation sites excluding steroid dienone is 3. The maximum atomic E-state index is 13.4. The molecule has 1 aliphatic heterocycles. The van der Waals surface area contributed by atoms with Gasteiger partial charge in [0, 0.05) is 35.1 Å². The summed E-state index contributed by atoms with van der Waals surface area (Å²) in [7, 11) is 0. The summed E-state index contributed by atoms with van der Waals surface area (Å²) in [6, 6.07) is 8.15. The molecule has 5 rings (SSSR count). The molecule has 0 bridgehead atoms. The van der Waals surface area contributed by atoms with E-state index in [-0.39, 0.29) is 11.3 Å². The zero-order valence-corrected chi connectivity index (χ0v) is 21.1. The van der Waals surface area contributed by atoms with Crippen LogP contribution in [0.25, 0.3) is 0 Å². The molecule has 4 nitrogen and oxygen atoms in total. The number of rotatable bonds is 7. The Balaban J connectivity index is 1.17. The van der Waals surface area contributed by atoms with E-state index < -0.39 is 0 Å². The lowest BCUT2D eigenvalue weighted by molar-refractivity contribution is -0.122. The highest BCUT2D eigenvalue weighted by atomic mass is 35.5. The third-order valence-corrected chi connectivity index (χ3v) is 9.27. The minimum absolute atomic E-state index is 0.0345. The van der Waals surface area contributed by atoms with Gasteiger partial charge in [-0.2, -0.15) is 0 Å². The maximum absolute atomic E-state index is 13.4. The van der Waals surface area contributed by atoms with Crippen LogP contribution >= 0.6 is 11.6 Å². The average Bonchev–Trinajstić information content (AvgIpc) is 3.53. The van der Waals surface area contributed by atoms with Gasteiger partial charge in [-0.1, -0.05) is 30.5 Å². The van der Waals surface area contributed by atoms with Gasteiger partial charge < -0.3 is 15.4 Å². The molecule has 3 aliphatic carbocycles. The zero-order valence-electron chi connectivity index (χ0n) is 20.3. The van der Waals surface area contributed by atoms with Crippen LogP contribution in [0.4, 0.5) is 5.69 Å². The predicted molar refractivity (Wildman–Crippen MR) is 139 cm³/mol. The number of nitrogens with zero attached hydrogens (tertiary/aromatic N) is 1. The van der Waals surface area contributed by atoms with Gasteiger partial charge in [0.15, 0.2) is 0 Å². The fourth-order valence-corrected chi connectivity index (χ4v) is 6.98. The molecule has 1 aromatic carbocycles. The Bertz CT molecular complexity index is 924. The lowest BCUT2D eigenvalue weighted by Crippen LogP contribution is -2.39. The molecule has 2 N–H and O–H groups in total. The fourth-order valence-electron chi connectivity index (χ4n) is 6.75. The maximum Gasteiger partial charge on any atom is 0.230 e. The number of amides is 1. The van der Waals surface area contributed by atoms with Gasteiger partial charge in [0.2, 0.25) is 5.91 Å². The quantitative estimate of drug-likeness (QED) is 0.477. The SMILES string of the molecule is NCC1(C2=CCCC(Cl)=C2)CCC(C2CCN(c3ccc(OCC4CCCC4)cc3)C2=O)CC1. The van der Waals surface area contributed by atoms with E-state index in [0.717, 1.165) is 74.6 Å². The lowest BCUT2D eigenvalue weighted by Gasteiger charge is -2.42. The van der Waals surface area contributed by atoms with Crippen molar-refractivity contribution in [2.24, 2.45) is 28.9 Å². The van der Waals surface area contributed by atoms with Crippen LogP contribution in [0.3, 0.4) is 0 Å². The van der Waals surface area contributed by atoms with Crippen LogP contribution in [0.5, 0.6) is 5.75 Å². The highest BCUT2D eigenvalue weighted by molar-refractivity contribution is 6.29. The van der Waals surface area contributed by atoms with Gasteiger partial charge in [-0.3, -0.25) is 4.79 Å². The number of carbonyl (C=O) groups is 1. The molecule has 5 heteroatoms. The van der Waals surface area contributed by atoms with Gasteiger partial charge in [0.05, 0.1) is 6.61 Å². The molecule has 34 heavy (non-hydrogen) atoms. The van der Waals surface area contributed by atoms with Crippen molar-refractivity contribution in [1.82, 2.24) is 0 Å². The first-order valence-corrected chi connectivity index (χ1v) is 13.8. The Morgan fingerprint density at radius 3 is 2.47 bits per heavy atom. The van der Waals surface area contributed by atoms with Crippen LogP contribution in [0, 0.1) is 23.2 Å². The molecule has 1 saturated heterocycles. The standard InChI is InChI=1S/C29H39ClN2O2/c30-24-7-3-6-23(18-24)29(20-31)15-12-22(13-16-29)27-14-17-32(28(27)33)25-8-10-26(11-9-25)34-19-21-4-1-2-5-21/h6,8-11,18,21-22,27H,1-5,7,12-17,19-20,31H2. The zero-order chi connectivity index (χ0) is 23.5. The van der Waals surface area contributed by atoms with Gasteiger partial charge in [0.25, 0.3) is 0 Å². The largest absolute Gasteiger partial charge is 0.493 e. The summed E-state index contributed by atoms with van der Waals surface area (Å²) in [4.78, 5) is 15.4. The number of benzene rings is 1. The van der Waals surface area contributed by atoms with Gasteiger partial charge >= 0.3 is 0 Å². The summed E-state index contributed by atoms with van der Waals surface area (Å²) >= 11 is 6.35. The van der Waals surface area contributed by atoms with E-state index in [9.17, 15) is 4.79 Å². The van der Waals surface area contributed by atoms with Crippen molar-refractivity contribution < 1.29 is 9.53 Å². The molecule has 1 unspecified atom stereocenters. The molecular formula is C29H39ClN2O2. The van der Waals surface area contributed by atoms with Crippen LogP contribution in [-0.2, 0) is 4.79 Å². The van der Waals surface area contributed by atoms with Crippen molar-refractivity contribution in [2.75, 3.05) is 24.6 Å². The summed E-state index contributed by atoms with van der Waals surface area (Å²) in [6.07, 6.45) is 16.9. The Labute approximate surface area is 209 Å². The average molecular weight is 483 g/mol. The highest BCUT2D eigenvalue weighted by Gasteiger charge is 2.43. The molecule has 1 heterocycles. The van der Waals surface area contributed by atoms with Crippen molar-refractivity contribution in [3.05, 3.63) is 47.0 Å². The molecule has 1 amide bonds. The summed E-state index contributed by atoms with van der Waals surface area (Å²) < 4.78 is 6.01. The predicted octanol–water partition coefficient (Wildman–Crippen LogP) is 6.59. The van der Waals surface area contributed by atoms with Crippen molar-refractivity contribution in [3.8, 4) is 5.75 Å². The number of carbonyl (C=O) groups excluding carboxylic acids is 1. The Kier molecular flexibility index (Phi) is 7.36. The second-order valence-corrected chi connectivity index (χ2v) is 11.4. The van der Waals surface area contributed by atoms with Crippen LogP contribution in [0.15, 0.2) is 47.0 Å². The van der Waals surface area contributed by atoms with E-state index in [0.29, 0.717) is 24.3 Å². The topological polar surface area (TPSA) is 55.6 Å². The highest BCUT2D eigenvalue weighted by Crippen LogP contribution is 2.49. The smallest absolute Gasteiger partial charge is 0.230 e. The second kappa shape index (κ2) is 10.5. The molecule has 0 spiro atoms. The van der Waals surface area contributed by atoms with Gasteiger partial charge in [-0.15, -0.1) is 0 Å². The van der Waals surface area contributed by atoms with Crippen LogP contribution in [-0.4, -0.2) is 25.6 Å². The number of hydrogen-bond donors (Lipinski definition) is 1. The van der Waals surface area contributed by atoms with E-state index in [1.165, 1.54) is 31.3 Å². The molecule has 184 valence electrons. The molecule has 2 saturated carbocycles. The second-order valence-electron chi connectivity index (χ2n) is 11.0. The number of ether oxygens (including phenoxy) is 1. The number of hydrogen-bond acceptors (Lipinski definition) is 3. The minimum atomic E-state index is 0.0345. The van der Waals surface area contributed by atoms with Crippen LogP contribution in [0.1, 0.15) is 70.6 Å². The van der Waals surface area contributed by atoms with Crippen molar-refractivity contribution in [1.29, 1.82) is 0 Å². The molecule has 3 fully saturated rings. The summed E-state index contributed by atoms with van der Waals surface area (Å²) in [5.74, 6) is 2.50. The summed E-state index contributed by atoms with van der Waals surface area (Å²) in [5, 5.41) is 0.948. The van der Waals surface area contributed by atoms with E-state index in [2.05, 4.69) is 24.3 Å². The van der Waals surface area contributed by atoms with E-state index in [4.69, 9.17) is 22.1 Å².